The quantitative estimate of drug-likeness (QED) is 0.445. The average Bonchev–Trinajstić information content (AvgIpc) is 2.04. The van der Waals surface area contributed by atoms with E-state index < -0.39 is 5.78 Å². The van der Waals surface area contributed by atoms with E-state index in [-0.39, 0.29) is 0 Å². The average molecular weight is 145 g/mol. The largest absolute Gasteiger partial charge is 0.277 e. The van der Waals surface area contributed by atoms with Crippen molar-refractivity contribution in [3.8, 4) is 6.07 Å². The van der Waals surface area contributed by atoms with E-state index in [9.17, 15) is 4.79 Å². The molecule has 2 nitrogen and oxygen atoms in total. The summed E-state index contributed by atoms with van der Waals surface area (Å²) in [6.07, 6.45) is 0. The summed E-state index contributed by atoms with van der Waals surface area (Å²) in [5.74, 6) is -0.469. The Kier molecular flexibility index (Phi) is 2.03. The summed E-state index contributed by atoms with van der Waals surface area (Å²) in [7, 11) is 0. The third-order valence-electron chi connectivity index (χ3n) is 1.49. The van der Waals surface area contributed by atoms with Crippen molar-refractivity contribution in [2.75, 3.05) is 0 Å². The first kappa shape index (κ1) is 7.49. The molecule has 0 saturated heterocycles. The number of benzene rings is 1. The molecule has 1 aromatic carbocycles. The van der Waals surface area contributed by atoms with Gasteiger partial charge in [0, 0.05) is 5.56 Å². The van der Waals surface area contributed by atoms with Crippen LogP contribution in [0.15, 0.2) is 24.3 Å². The highest BCUT2D eigenvalue weighted by Gasteiger charge is 2.04. The van der Waals surface area contributed by atoms with Crippen molar-refractivity contribution in [2.24, 2.45) is 0 Å². The van der Waals surface area contributed by atoms with Gasteiger partial charge < -0.3 is 0 Å². The van der Waals surface area contributed by atoms with E-state index in [4.69, 9.17) is 5.26 Å². The summed E-state index contributed by atoms with van der Waals surface area (Å²) >= 11 is 0. The van der Waals surface area contributed by atoms with E-state index in [1.165, 1.54) is 0 Å². The van der Waals surface area contributed by atoms with Gasteiger partial charge in [-0.25, -0.2) is 0 Å². The molecular formula is C9H7NO. The Morgan fingerprint density at radius 3 is 2.64 bits per heavy atom. The molecule has 0 amide bonds. The van der Waals surface area contributed by atoms with E-state index >= 15 is 0 Å². The number of ketones is 1. The van der Waals surface area contributed by atoms with Gasteiger partial charge >= 0.3 is 0 Å². The van der Waals surface area contributed by atoms with Crippen molar-refractivity contribution < 1.29 is 4.79 Å². The first-order valence-electron chi connectivity index (χ1n) is 3.26. The van der Waals surface area contributed by atoms with Crippen molar-refractivity contribution in [1.29, 1.82) is 5.26 Å². The van der Waals surface area contributed by atoms with Crippen LogP contribution in [0.25, 0.3) is 0 Å². The zero-order chi connectivity index (χ0) is 8.27. The zero-order valence-corrected chi connectivity index (χ0v) is 6.16. The maximum absolute atomic E-state index is 10.9. The molecular weight excluding hydrogens is 138 g/mol. The first-order valence-corrected chi connectivity index (χ1v) is 3.26. The second-order valence-corrected chi connectivity index (χ2v) is 2.26. The van der Waals surface area contributed by atoms with Crippen molar-refractivity contribution in [1.82, 2.24) is 0 Å². The summed E-state index contributed by atoms with van der Waals surface area (Å²) in [5, 5.41) is 8.31. The Hall–Kier alpha value is -1.62. The molecule has 0 spiro atoms. The molecule has 0 aromatic heterocycles. The van der Waals surface area contributed by atoms with Crippen LogP contribution in [0.1, 0.15) is 15.9 Å². The second-order valence-electron chi connectivity index (χ2n) is 2.26. The number of hydrogen-bond donors (Lipinski definition) is 0. The molecule has 1 rings (SSSR count). The Bertz CT molecular complexity index is 323. The molecule has 2 heteroatoms. The molecule has 0 fully saturated rings. The molecule has 0 heterocycles. The predicted molar refractivity (Wildman–Crippen MR) is 41.1 cm³/mol. The number of Topliss-reactive ketones (excluding diaryl/α,β-unsaturated/α-hetero) is 1. The fourth-order valence-electron chi connectivity index (χ4n) is 0.888. The number of nitriles is 1. The van der Waals surface area contributed by atoms with Gasteiger partial charge in [-0.05, 0) is 12.5 Å². The lowest BCUT2D eigenvalue weighted by atomic mass is 10.1. The van der Waals surface area contributed by atoms with E-state index in [2.05, 4.69) is 0 Å². The normalized spacial score (nSPS) is 8.73. The van der Waals surface area contributed by atoms with Crippen molar-refractivity contribution in [3.05, 3.63) is 35.4 Å². The van der Waals surface area contributed by atoms with Gasteiger partial charge in [-0.15, -0.1) is 0 Å². The summed E-state index contributed by atoms with van der Waals surface area (Å²) in [6, 6.07) is 8.63. The molecule has 0 aliphatic rings. The zero-order valence-electron chi connectivity index (χ0n) is 6.16. The Morgan fingerprint density at radius 2 is 2.09 bits per heavy atom. The highest BCUT2D eigenvalue weighted by molar-refractivity contribution is 6.08. The van der Waals surface area contributed by atoms with Crippen LogP contribution in [0.3, 0.4) is 0 Å². The van der Waals surface area contributed by atoms with E-state index in [1.54, 1.807) is 18.2 Å². The summed E-state index contributed by atoms with van der Waals surface area (Å²) in [4.78, 5) is 10.9. The minimum absolute atomic E-state index is 0.469. The van der Waals surface area contributed by atoms with Crippen LogP contribution >= 0.6 is 0 Å². The number of carbonyl (C=O) groups is 1. The SMILES string of the molecule is Cc1ccccc1C(=O)C#N. The smallest absolute Gasteiger partial charge is 0.262 e. The van der Waals surface area contributed by atoms with Gasteiger partial charge in [-0.2, -0.15) is 5.26 Å². The van der Waals surface area contributed by atoms with Crippen LogP contribution in [-0.4, -0.2) is 5.78 Å². The molecule has 0 N–H and O–H groups in total. The van der Waals surface area contributed by atoms with Crippen LogP contribution in [0.2, 0.25) is 0 Å². The van der Waals surface area contributed by atoms with Crippen LogP contribution < -0.4 is 0 Å². The van der Waals surface area contributed by atoms with E-state index in [0.717, 1.165) is 5.56 Å². The maximum atomic E-state index is 10.9. The lowest BCUT2D eigenvalue weighted by Crippen LogP contribution is -1.96. The number of rotatable bonds is 1. The molecule has 1 aromatic rings. The number of nitrogens with zero attached hydrogens (tertiary/aromatic N) is 1. The molecule has 0 unspecified atom stereocenters. The fraction of sp³-hybridized carbons (Fsp3) is 0.111. The van der Waals surface area contributed by atoms with Crippen molar-refractivity contribution in [3.63, 3.8) is 0 Å². The molecule has 0 aliphatic heterocycles. The lowest BCUT2D eigenvalue weighted by molar-refractivity contribution is 0.105. The summed E-state index contributed by atoms with van der Waals surface area (Å²) in [5.41, 5.74) is 1.34. The molecule has 0 saturated carbocycles. The van der Waals surface area contributed by atoms with Crippen molar-refractivity contribution >= 4 is 5.78 Å². The molecule has 0 aliphatic carbocycles. The third-order valence-corrected chi connectivity index (χ3v) is 1.49. The monoisotopic (exact) mass is 145 g/mol. The molecule has 11 heavy (non-hydrogen) atoms. The topological polar surface area (TPSA) is 40.9 Å². The number of hydrogen-bond acceptors (Lipinski definition) is 2. The number of carbonyl (C=O) groups excluding carboxylic acids is 1. The van der Waals surface area contributed by atoms with Crippen LogP contribution in [0, 0.1) is 18.3 Å². The lowest BCUT2D eigenvalue weighted by Gasteiger charge is -1.96. The van der Waals surface area contributed by atoms with Gasteiger partial charge in [-0.1, -0.05) is 24.3 Å². The molecule has 0 bridgehead atoms. The standard InChI is InChI=1S/C9H7NO/c1-7-4-2-3-5-8(7)9(11)6-10/h2-5H,1H3. The second kappa shape index (κ2) is 2.98. The Morgan fingerprint density at radius 1 is 1.45 bits per heavy atom. The van der Waals surface area contributed by atoms with Gasteiger partial charge in [0.25, 0.3) is 5.78 Å². The summed E-state index contributed by atoms with van der Waals surface area (Å²) in [6.45, 7) is 1.81. The van der Waals surface area contributed by atoms with Gasteiger partial charge in [0.1, 0.15) is 6.07 Å². The van der Waals surface area contributed by atoms with Crippen LogP contribution in [-0.2, 0) is 0 Å². The molecule has 54 valence electrons. The van der Waals surface area contributed by atoms with Gasteiger partial charge in [0.2, 0.25) is 0 Å². The predicted octanol–water partition coefficient (Wildman–Crippen LogP) is 1.70. The highest BCUT2D eigenvalue weighted by atomic mass is 16.1. The minimum Gasteiger partial charge on any atom is -0.277 e. The summed E-state index contributed by atoms with van der Waals surface area (Å²) < 4.78 is 0. The van der Waals surface area contributed by atoms with Crippen LogP contribution in [0.4, 0.5) is 0 Å². The number of aryl methyl sites for hydroxylation is 1. The van der Waals surface area contributed by atoms with Crippen LogP contribution in [0.5, 0.6) is 0 Å². The first-order chi connectivity index (χ1) is 5.25. The Balaban J connectivity index is 3.16. The molecule has 0 atom stereocenters. The molecule has 0 radical (unpaired) electrons. The van der Waals surface area contributed by atoms with Gasteiger partial charge in [0.05, 0.1) is 0 Å². The van der Waals surface area contributed by atoms with Gasteiger partial charge in [0.15, 0.2) is 0 Å². The van der Waals surface area contributed by atoms with E-state index in [1.807, 2.05) is 19.1 Å². The maximum Gasteiger partial charge on any atom is 0.262 e. The van der Waals surface area contributed by atoms with E-state index in [0.29, 0.717) is 5.56 Å². The third kappa shape index (κ3) is 1.44. The van der Waals surface area contributed by atoms with Crippen molar-refractivity contribution in [2.45, 2.75) is 6.92 Å². The van der Waals surface area contributed by atoms with Gasteiger partial charge in [-0.3, -0.25) is 4.79 Å². The minimum atomic E-state index is -0.469. The highest BCUT2D eigenvalue weighted by Crippen LogP contribution is 2.06. The fourth-order valence-corrected chi connectivity index (χ4v) is 0.888. The Labute approximate surface area is 65.1 Å².